The molecule has 2 atom stereocenters. The Labute approximate surface area is 143 Å². The Balaban J connectivity index is 2.17. The van der Waals surface area contributed by atoms with Crippen LogP contribution in [0.5, 0.6) is 5.75 Å². The first kappa shape index (κ1) is 17.3. The Hall–Kier alpha value is -2.54. The largest absolute Gasteiger partial charge is 0.410 e. The first-order valence-corrected chi connectivity index (χ1v) is 8.07. The maximum Gasteiger partial charge on any atom is 0.410 e. The van der Waals surface area contributed by atoms with Crippen LogP contribution in [0.15, 0.2) is 30.5 Å². The second kappa shape index (κ2) is 7.14. The summed E-state index contributed by atoms with van der Waals surface area (Å²) in [4.78, 5) is 15.6. The molecule has 5 nitrogen and oxygen atoms in total. The normalized spacial score (nSPS) is 20.3. The van der Waals surface area contributed by atoms with Gasteiger partial charge < -0.3 is 15.6 Å². The fraction of sp³-hybridized carbons (Fsp3) is 0.333. The molecule has 0 saturated heterocycles. The molecule has 1 aromatic carbocycles. The number of aliphatic hydroxyl groups is 1. The molecule has 1 aromatic heterocycles. The maximum atomic E-state index is 14.2. The number of hydrogen-bond acceptors (Lipinski definition) is 4. The summed E-state index contributed by atoms with van der Waals surface area (Å²) < 4.78 is 32.9. The number of benzene rings is 1. The first-order chi connectivity index (χ1) is 12.0. The van der Waals surface area contributed by atoms with Gasteiger partial charge in [-0.3, -0.25) is 4.98 Å². The second-order valence-electron chi connectivity index (χ2n) is 6.08. The highest BCUT2D eigenvalue weighted by atomic mass is 19.1. The van der Waals surface area contributed by atoms with Gasteiger partial charge in [-0.15, -0.1) is 0 Å². The first-order valence-electron chi connectivity index (χ1n) is 8.07. The maximum absolute atomic E-state index is 14.2. The van der Waals surface area contributed by atoms with Crippen molar-refractivity contribution in [2.45, 2.75) is 37.7 Å². The number of pyridine rings is 1. The van der Waals surface area contributed by atoms with Crippen molar-refractivity contribution in [2.24, 2.45) is 5.73 Å². The number of nitrogens with zero attached hydrogens (tertiary/aromatic N) is 1. The van der Waals surface area contributed by atoms with Crippen molar-refractivity contribution in [3.05, 3.63) is 47.8 Å². The summed E-state index contributed by atoms with van der Waals surface area (Å²) in [5, 5.41) is 10.3. The molecule has 0 bridgehead atoms. The standard InChI is InChI=1S/C18H18F2N2O3/c19-10-5-6-14(20)13(9-10)11-7-8-22-16(17(11)25-18(21)24)12-3-1-2-4-15(12)23/h5-9,12,15,23H,1-4H2,(H2,21,24). The lowest BCUT2D eigenvalue weighted by atomic mass is 9.83. The molecule has 0 aliphatic heterocycles. The van der Waals surface area contributed by atoms with Gasteiger partial charge in [-0.1, -0.05) is 12.8 Å². The molecule has 0 radical (unpaired) electrons. The molecule has 1 aliphatic rings. The molecule has 2 unspecified atom stereocenters. The number of ether oxygens (including phenoxy) is 1. The van der Waals surface area contributed by atoms with Gasteiger partial charge in [0.15, 0.2) is 5.75 Å². The lowest BCUT2D eigenvalue weighted by Crippen LogP contribution is -2.25. The SMILES string of the molecule is NC(=O)Oc1c(-c2cc(F)ccc2F)ccnc1C1CCCCC1O. The average Bonchev–Trinajstić information content (AvgIpc) is 2.58. The van der Waals surface area contributed by atoms with E-state index in [0.717, 1.165) is 31.0 Å². The van der Waals surface area contributed by atoms with Crippen LogP contribution in [0.2, 0.25) is 0 Å². The number of halogens is 2. The van der Waals surface area contributed by atoms with E-state index < -0.39 is 23.8 Å². The molecule has 25 heavy (non-hydrogen) atoms. The Morgan fingerprint density at radius 2 is 1.96 bits per heavy atom. The zero-order chi connectivity index (χ0) is 18.0. The third-order valence-corrected chi connectivity index (χ3v) is 4.43. The molecular weight excluding hydrogens is 330 g/mol. The summed E-state index contributed by atoms with van der Waals surface area (Å²) in [6, 6.07) is 4.43. The van der Waals surface area contributed by atoms with Crippen molar-refractivity contribution in [1.82, 2.24) is 4.98 Å². The van der Waals surface area contributed by atoms with E-state index in [2.05, 4.69) is 4.98 Å². The number of carbonyl (C=O) groups is 1. The fourth-order valence-electron chi connectivity index (χ4n) is 3.28. The summed E-state index contributed by atoms with van der Waals surface area (Å²) in [5.41, 5.74) is 5.58. The molecule has 1 aliphatic carbocycles. The summed E-state index contributed by atoms with van der Waals surface area (Å²) >= 11 is 0. The summed E-state index contributed by atoms with van der Waals surface area (Å²) in [5.74, 6) is -1.69. The Bertz CT molecular complexity index is 798. The third-order valence-electron chi connectivity index (χ3n) is 4.43. The van der Waals surface area contributed by atoms with Gasteiger partial charge in [-0.25, -0.2) is 13.6 Å². The van der Waals surface area contributed by atoms with Crippen LogP contribution in [-0.4, -0.2) is 22.3 Å². The predicted octanol–water partition coefficient (Wildman–Crippen LogP) is 3.50. The van der Waals surface area contributed by atoms with Gasteiger partial charge in [0.25, 0.3) is 0 Å². The highest BCUT2D eigenvalue weighted by molar-refractivity contribution is 5.77. The average molecular weight is 348 g/mol. The van der Waals surface area contributed by atoms with E-state index in [1.165, 1.54) is 12.3 Å². The van der Waals surface area contributed by atoms with Crippen molar-refractivity contribution >= 4 is 6.09 Å². The Morgan fingerprint density at radius 1 is 1.20 bits per heavy atom. The van der Waals surface area contributed by atoms with Gasteiger partial charge in [0.1, 0.15) is 11.6 Å². The quantitative estimate of drug-likeness (QED) is 0.889. The zero-order valence-corrected chi connectivity index (χ0v) is 13.4. The molecule has 7 heteroatoms. The molecule has 0 spiro atoms. The zero-order valence-electron chi connectivity index (χ0n) is 13.4. The van der Waals surface area contributed by atoms with Crippen LogP contribution >= 0.6 is 0 Å². The van der Waals surface area contributed by atoms with Crippen LogP contribution < -0.4 is 10.5 Å². The van der Waals surface area contributed by atoms with Crippen LogP contribution in [0.4, 0.5) is 13.6 Å². The van der Waals surface area contributed by atoms with Crippen molar-refractivity contribution in [1.29, 1.82) is 0 Å². The lowest BCUT2D eigenvalue weighted by molar-refractivity contribution is 0.103. The molecule has 1 amide bonds. The van der Waals surface area contributed by atoms with Gasteiger partial charge >= 0.3 is 6.09 Å². The van der Waals surface area contributed by atoms with Gasteiger partial charge in [-0.2, -0.15) is 0 Å². The van der Waals surface area contributed by atoms with Crippen molar-refractivity contribution in [2.75, 3.05) is 0 Å². The smallest absolute Gasteiger partial charge is 0.408 e. The summed E-state index contributed by atoms with van der Waals surface area (Å²) in [6.07, 6.45) is 2.71. The van der Waals surface area contributed by atoms with Crippen LogP contribution in [-0.2, 0) is 0 Å². The van der Waals surface area contributed by atoms with Crippen LogP contribution in [0.3, 0.4) is 0 Å². The Morgan fingerprint density at radius 3 is 2.68 bits per heavy atom. The monoisotopic (exact) mass is 348 g/mol. The second-order valence-corrected chi connectivity index (χ2v) is 6.08. The minimum absolute atomic E-state index is 0.0366. The molecule has 3 N–H and O–H groups in total. The number of nitrogens with two attached hydrogens (primary N) is 1. The van der Waals surface area contributed by atoms with Crippen LogP contribution in [0.25, 0.3) is 11.1 Å². The van der Waals surface area contributed by atoms with Crippen molar-refractivity contribution in [3.8, 4) is 16.9 Å². The number of aliphatic hydroxyl groups excluding tert-OH is 1. The summed E-state index contributed by atoms with van der Waals surface area (Å²) in [6.45, 7) is 0. The minimum Gasteiger partial charge on any atom is -0.408 e. The van der Waals surface area contributed by atoms with E-state index in [1.54, 1.807) is 0 Å². The molecule has 1 fully saturated rings. The molecular formula is C18H18F2N2O3. The fourth-order valence-corrected chi connectivity index (χ4v) is 3.28. The molecule has 132 valence electrons. The van der Waals surface area contributed by atoms with E-state index in [9.17, 15) is 18.7 Å². The number of carbonyl (C=O) groups excluding carboxylic acids is 1. The highest BCUT2D eigenvalue weighted by Crippen LogP contribution is 2.41. The predicted molar refractivity (Wildman–Crippen MR) is 87.0 cm³/mol. The van der Waals surface area contributed by atoms with Gasteiger partial charge in [0.2, 0.25) is 0 Å². The number of aromatic nitrogens is 1. The number of primary amides is 1. The Kier molecular flexibility index (Phi) is 4.94. The highest BCUT2D eigenvalue weighted by Gasteiger charge is 2.30. The number of amides is 1. The molecule has 1 heterocycles. The topological polar surface area (TPSA) is 85.4 Å². The van der Waals surface area contributed by atoms with Crippen molar-refractivity contribution < 1.29 is 23.4 Å². The number of hydrogen-bond donors (Lipinski definition) is 2. The van der Waals surface area contributed by atoms with Crippen LogP contribution in [0, 0.1) is 11.6 Å². The minimum atomic E-state index is -1.09. The molecule has 3 rings (SSSR count). The van der Waals surface area contributed by atoms with E-state index >= 15 is 0 Å². The van der Waals surface area contributed by atoms with Gasteiger partial charge in [0.05, 0.1) is 11.8 Å². The van der Waals surface area contributed by atoms with E-state index in [-0.39, 0.29) is 22.8 Å². The van der Waals surface area contributed by atoms with Gasteiger partial charge in [-0.05, 0) is 37.1 Å². The van der Waals surface area contributed by atoms with E-state index in [1.807, 2.05) is 0 Å². The number of rotatable bonds is 3. The third kappa shape index (κ3) is 3.61. The molecule has 2 aromatic rings. The van der Waals surface area contributed by atoms with Gasteiger partial charge in [0, 0.05) is 23.2 Å². The van der Waals surface area contributed by atoms with Crippen LogP contribution in [0.1, 0.15) is 37.3 Å². The summed E-state index contributed by atoms with van der Waals surface area (Å²) in [7, 11) is 0. The van der Waals surface area contributed by atoms with Crippen molar-refractivity contribution in [3.63, 3.8) is 0 Å². The lowest BCUT2D eigenvalue weighted by Gasteiger charge is -2.28. The molecule has 1 saturated carbocycles. The van der Waals surface area contributed by atoms with E-state index in [4.69, 9.17) is 10.5 Å². The van der Waals surface area contributed by atoms with E-state index in [0.29, 0.717) is 18.5 Å².